The number of ether oxygens (including phenoxy) is 8. The van der Waals surface area contributed by atoms with Gasteiger partial charge in [-0.05, 0) is 53.5 Å². The highest BCUT2D eigenvalue weighted by Crippen LogP contribution is 2.38. The lowest BCUT2D eigenvalue weighted by atomic mass is 9.96. The SMILES string of the molecule is C=CC[C@@H](OCc1ccccc1)[C@@H](OCc1ccccc1)[C@H](COC1OC2COC(c3ccccc3)OC2C(OCc2ccccc2)C1OCc1ccccc1)NC(=O)CCCCCc1ccccc1. The van der Waals surface area contributed by atoms with Gasteiger partial charge in [0.05, 0.1) is 51.8 Å². The van der Waals surface area contributed by atoms with E-state index in [-0.39, 0.29) is 32.3 Å². The van der Waals surface area contributed by atoms with Crippen molar-refractivity contribution in [3.8, 4) is 0 Å². The zero-order chi connectivity index (χ0) is 48.0. The fraction of sp³-hybridized carbons (Fsp3) is 0.350. The van der Waals surface area contributed by atoms with Gasteiger partial charge in [-0.3, -0.25) is 4.79 Å². The van der Waals surface area contributed by atoms with Crippen LogP contribution in [0.2, 0.25) is 0 Å². The van der Waals surface area contributed by atoms with E-state index in [9.17, 15) is 4.79 Å². The second-order valence-corrected chi connectivity index (χ2v) is 17.9. The van der Waals surface area contributed by atoms with Crippen LogP contribution in [0, 0.1) is 0 Å². The number of amides is 1. The number of hydrogen-bond acceptors (Lipinski definition) is 9. The standard InChI is InChI=1S/C60H67NO9/c1-2-24-52(63-39-46-28-13-4-14-29-46)55(64-40-47-30-15-5-16-31-47)51(61-54(62)38-23-8-12-27-45-25-10-3-11-26-45)43-67-60-58(66-42-49-34-19-7-20-35-49)57(65-41-48-32-17-6-18-33-48)56-53(69-60)44-68-59(70-56)50-36-21-9-22-37-50/h2-7,9-11,13-22,25-26,28-37,51-53,55-60H,1,8,12,23-24,27,38-44H2,(H,61,62)/t51-,52+,53?,55-,56?,57?,58?,59?,60?/m0/s1. The van der Waals surface area contributed by atoms with Gasteiger partial charge >= 0.3 is 0 Å². The van der Waals surface area contributed by atoms with Crippen molar-refractivity contribution in [2.24, 2.45) is 0 Å². The highest BCUT2D eigenvalue weighted by Gasteiger charge is 2.52. The molecule has 2 aliphatic rings. The van der Waals surface area contributed by atoms with Gasteiger partial charge in [0.25, 0.3) is 0 Å². The van der Waals surface area contributed by atoms with Crippen LogP contribution in [-0.4, -0.2) is 68.1 Å². The van der Waals surface area contributed by atoms with Crippen LogP contribution >= 0.6 is 0 Å². The van der Waals surface area contributed by atoms with Crippen molar-refractivity contribution in [1.82, 2.24) is 5.32 Å². The van der Waals surface area contributed by atoms with Gasteiger partial charge in [0.15, 0.2) is 12.6 Å². The number of carbonyl (C=O) groups excluding carboxylic acids is 1. The second-order valence-electron chi connectivity index (χ2n) is 17.9. The molecule has 0 radical (unpaired) electrons. The summed E-state index contributed by atoms with van der Waals surface area (Å²) in [5.41, 5.74) is 6.17. The molecule has 10 heteroatoms. The molecule has 6 aromatic carbocycles. The molecule has 2 saturated heterocycles. The van der Waals surface area contributed by atoms with E-state index >= 15 is 0 Å². The Morgan fingerprint density at radius 2 is 1.10 bits per heavy atom. The van der Waals surface area contributed by atoms with Gasteiger partial charge in [-0.15, -0.1) is 6.58 Å². The zero-order valence-corrected chi connectivity index (χ0v) is 40.0. The Morgan fingerprint density at radius 3 is 1.67 bits per heavy atom. The van der Waals surface area contributed by atoms with Crippen LogP contribution in [0.25, 0.3) is 0 Å². The van der Waals surface area contributed by atoms with Crippen molar-refractivity contribution in [2.45, 2.75) is 120 Å². The summed E-state index contributed by atoms with van der Waals surface area (Å²) in [5.74, 6) is -0.103. The largest absolute Gasteiger partial charge is 0.370 e. The third-order valence-corrected chi connectivity index (χ3v) is 12.7. The monoisotopic (exact) mass is 945 g/mol. The van der Waals surface area contributed by atoms with Gasteiger partial charge in [0.1, 0.15) is 30.5 Å². The van der Waals surface area contributed by atoms with Crippen LogP contribution in [0.15, 0.2) is 195 Å². The van der Waals surface area contributed by atoms with Gasteiger partial charge in [-0.25, -0.2) is 0 Å². The van der Waals surface area contributed by atoms with Crippen molar-refractivity contribution in [3.63, 3.8) is 0 Å². The molecule has 6 aromatic rings. The Bertz CT molecular complexity index is 2380. The molecule has 0 saturated carbocycles. The van der Waals surface area contributed by atoms with E-state index in [0.29, 0.717) is 26.1 Å². The van der Waals surface area contributed by atoms with Crippen LogP contribution < -0.4 is 5.32 Å². The molecule has 1 N–H and O–H groups in total. The molecule has 366 valence electrons. The average Bonchev–Trinajstić information content (AvgIpc) is 3.41. The fourth-order valence-corrected chi connectivity index (χ4v) is 8.98. The summed E-state index contributed by atoms with van der Waals surface area (Å²) < 4.78 is 54.4. The van der Waals surface area contributed by atoms with Crippen LogP contribution in [0.4, 0.5) is 0 Å². The molecule has 2 fully saturated rings. The number of fused-ring (bicyclic) bond motifs is 1. The van der Waals surface area contributed by atoms with Crippen molar-refractivity contribution in [2.75, 3.05) is 13.2 Å². The maximum atomic E-state index is 14.2. The minimum Gasteiger partial charge on any atom is -0.370 e. The first-order valence-electron chi connectivity index (χ1n) is 24.7. The molecule has 70 heavy (non-hydrogen) atoms. The van der Waals surface area contributed by atoms with E-state index in [1.54, 1.807) is 0 Å². The summed E-state index contributed by atoms with van der Waals surface area (Å²) in [6.45, 7) is 5.51. The van der Waals surface area contributed by atoms with Gasteiger partial charge in [-0.1, -0.05) is 194 Å². The normalized spacial score (nSPS) is 21.2. The first kappa shape index (κ1) is 50.6. The summed E-state index contributed by atoms with van der Waals surface area (Å²) in [6, 6.07) is 59.7. The minimum atomic E-state index is -0.971. The van der Waals surface area contributed by atoms with E-state index in [4.69, 9.17) is 37.9 Å². The van der Waals surface area contributed by atoms with Crippen molar-refractivity contribution < 1.29 is 42.7 Å². The predicted molar refractivity (Wildman–Crippen MR) is 270 cm³/mol. The first-order valence-corrected chi connectivity index (χ1v) is 24.7. The number of aryl methyl sites for hydroxylation is 1. The zero-order valence-electron chi connectivity index (χ0n) is 40.0. The third-order valence-electron chi connectivity index (χ3n) is 12.7. The summed E-state index contributed by atoms with van der Waals surface area (Å²) >= 11 is 0. The Morgan fingerprint density at radius 1 is 0.586 bits per heavy atom. The first-order chi connectivity index (χ1) is 34.6. The van der Waals surface area contributed by atoms with Crippen molar-refractivity contribution in [1.29, 1.82) is 0 Å². The van der Waals surface area contributed by atoms with E-state index in [1.165, 1.54) is 5.56 Å². The predicted octanol–water partition coefficient (Wildman–Crippen LogP) is 11.0. The number of benzene rings is 6. The third kappa shape index (κ3) is 15.4. The Hall–Kier alpha value is -5.79. The molecular formula is C60H67NO9. The Kier molecular flexibility index (Phi) is 19.9. The molecule has 0 spiro atoms. The van der Waals surface area contributed by atoms with E-state index < -0.39 is 55.2 Å². The average molecular weight is 946 g/mol. The van der Waals surface area contributed by atoms with Gasteiger partial charge in [0.2, 0.25) is 5.91 Å². The number of unbranched alkanes of at least 4 members (excludes halogenated alkanes) is 2. The van der Waals surface area contributed by atoms with Crippen LogP contribution in [0.3, 0.4) is 0 Å². The molecule has 8 rings (SSSR count). The Balaban J connectivity index is 1.08. The molecule has 0 aromatic heterocycles. The van der Waals surface area contributed by atoms with E-state index in [1.807, 2.05) is 164 Å². The molecule has 1 amide bonds. The van der Waals surface area contributed by atoms with Crippen molar-refractivity contribution in [3.05, 3.63) is 228 Å². The van der Waals surface area contributed by atoms with E-state index in [2.05, 4.69) is 36.2 Å². The molecule has 0 bridgehead atoms. The number of carbonyl (C=O) groups is 1. The highest BCUT2D eigenvalue weighted by atomic mass is 16.8. The highest BCUT2D eigenvalue weighted by molar-refractivity contribution is 5.76. The molecule has 9 atom stereocenters. The van der Waals surface area contributed by atoms with Crippen LogP contribution in [0.5, 0.6) is 0 Å². The van der Waals surface area contributed by atoms with Gasteiger partial charge in [-0.2, -0.15) is 0 Å². The summed E-state index contributed by atoms with van der Waals surface area (Å²) in [5, 5.41) is 3.37. The second kappa shape index (κ2) is 27.6. The molecule has 2 aliphatic heterocycles. The number of hydrogen-bond donors (Lipinski definition) is 1. The fourth-order valence-electron chi connectivity index (χ4n) is 8.98. The van der Waals surface area contributed by atoms with E-state index in [0.717, 1.165) is 53.5 Å². The summed E-state index contributed by atoms with van der Waals surface area (Å²) in [7, 11) is 0. The molecular weight excluding hydrogens is 879 g/mol. The summed E-state index contributed by atoms with van der Waals surface area (Å²) in [4.78, 5) is 14.2. The lowest BCUT2D eigenvalue weighted by Crippen LogP contribution is -2.64. The lowest BCUT2D eigenvalue weighted by Gasteiger charge is -2.49. The number of nitrogens with one attached hydrogen (secondary N) is 1. The van der Waals surface area contributed by atoms with Crippen molar-refractivity contribution >= 4 is 5.91 Å². The molecule has 2 heterocycles. The molecule has 0 aliphatic carbocycles. The lowest BCUT2D eigenvalue weighted by molar-refractivity contribution is -0.373. The molecule has 6 unspecified atom stereocenters. The van der Waals surface area contributed by atoms with Gasteiger partial charge < -0.3 is 43.2 Å². The quantitative estimate of drug-likeness (QED) is 0.0399. The Labute approximate surface area is 413 Å². The topological polar surface area (TPSA) is 103 Å². The minimum absolute atomic E-state index is 0.00540. The van der Waals surface area contributed by atoms with Crippen LogP contribution in [0.1, 0.15) is 71.8 Å². The summed E-state index contributed by atoms with van der Waals surface area (Å²) in [6.07, 6.45) is 0.844. The molecule has 10 nitrogen and oxygen atoms in total. The maximum Gasteiger partial charge on any atom is 0.220 e. The maximum absolute atomic E-state index is 14.2. The number of rotatable bonds is 27. The van der Waals surface area contributed by atoms with Crippen LogP contribution in [-0.2, 0) is 75.5 Å². The van der Waals surface area contributed by atoms with Gasteiger partial charge in [0, 0.05) is 12.0 Å². The smallest absolute Gasteiger partial charge is 0.220 e.